The van der Waals surface area contributed by atoms with Crippen LogP contribution in [0.1, 0.15) is 11.1 Å². The number of rotatable bonds is 6. The number of aliphatic hydroxyl groups excluding tert-OH is 1. The third-order valence-electron chi connectivity index (χ3n) is 3.27. The fourth-order valence-corrected chi connectivity index (χ4v) is 2.48. The summed E-state index contributed by atoms with van der Waals surface area (Å²) >= 11 is 5.96. The number of halogens is 1. The van der Waals surface area contributed by atoms with Crippen LogP contribution < -0.4 is 4.90 Å². The van der Waals surface area contributed by atoms with Crippen molar-refractivity contribution in [2.45, 2.75) is 6.54 Å². The highest BCUT2D eigenvalue weighted by molar-refractivity contribution is 6.30. The number of nitro benzene ring substituents is 1. The smallest absolute Gasteiger partial charge is 0.293 e. The third kappa shape index (κ3) is 4.19. The second kappa shape index (κ2) is 7.58. The van der Waals surface area contributed by atoms with Crippen molar-refractivity contribution in [2.75, 3.05) is 18.1 Å². The van der Waals surface area contributed by atoms with Crippen LogP contribution in [0, 0.1) is 21.4 Å². The lowest BCUT2D eigenvalue weighted by molar-refractivity contribution is -0.384. The lowest BCUT2D eigenvalue weighted by Crippen LogP contribution is -2.26. The first-order valence-corrected chi connectivity index (χ1v) is 7.21. The minimum absolute atomic E-state index is 0.155. The van der Waals surface area contributed by atoms with Gasteiger partial charge >= 0.3 is 0 Å². The molecule has 0 aliphatic carbocycles. The number of nitrogens with zero attached hydrogens (tertiary/aromatic N) is 3. The molecule has 0 atom stereocenters. The Morgan fingerprint density at radius 3 is 2.70 bits per heavy atom. The number of hydrogen-bond acceptors (Lipinski definition) is 5. The summed E-state index contributed by atoms with van der Waals surface area (Å²) in [5.41, 5.74) is 1.26. The van der Waals surface area contributed by atoms with E-state index in [0.29, 0.717) is 17.3 Å². The second-order valence-corrected chi connectivity index (χ2v) is 5.28. The van der Waals surface area contributed by atoms with Crippen molar-refractivity contribution in [3.63, 3.8) is 0 Å². The van der Waals surface area contributed by atoms with Crippen molar-refractivity contribution in [3.8, 4) is 6.07 Å². The normalized spacial score (nSPS) is 10.1. The fraction of sp³-hybridized carbons (Fsp3) is 0.188. The molecule has 2 aromatic rings. The Bertz CT molecular complexity index is 758. The zero-order chi connectivity index (χ0) is 16.8. The molecule has 6 nitrogen and oxygen atoms in total. The van der Waals surface area contributed by atoms with E-state index in [0.717, 1.165) is 5.56 Å². The van der Waals surface area contributed by atoms with E-state index in [2.05, 4.69) is 0 Å². The van der Waals surface area contributed by atoms with Gasteiger partial charge in [-0.25, -0.2) is 0 Å². The van der Waals surface area contributed by atoms with Gasteiger partial charge in [-0.2, -0.15) is 5.26 Å². The zero-order valence-electron chi connectivity index (χ0n) is 12.1. The first-order chi connectivity index (χ1) is 11.0. The molecule has 0 unspecified atom stereocenters. The van der Waals surface area contributed by atoms with Crippen LogP contribution in [0.15, 0.2) is 42.5 Å². The van der Waals surface area contributed by atoms with Crippen molar-refractivity contribution in [1.29, 1.82) is 5.26 Å². The van der Waals surface area contributed by atoms with Gasteiger partial charge in [-0.05, 0) is 29.8 Å². The Morgan fingerprint density at radius 2 is 2.09 bits per heavy atom. The van der Waals surface area contributed by atoms with E-state index in [9.17, 15) is 15.2 Å². The van der Waals surface area contributed by atoms with Crippen LogP contribution in [0.25, 0.3) is 0 Å². The quantitative estimate of drug-likeness (QED) is 0.648. The molecule has 0 heterocycles. The van der Waals surface area contributed by atoms with Crippen molar-refractivity contribution in [3.05, 3.63) is 68.7 Å². The summed E-state index contributed by atoms with van der Waals surface area (Å²) in [7, 11) is 0. The lowest BCUT2D eigenvalue weighted by Gasteiger charge is -2.24. The average molecular weight is 332 g/mol. The van der Waals surface area contributed by atoms with Gasteiger partial charge in [0.05, 0.1) is 23.2 Å². The first kappa shape index (κ1) is 16.7. The highest BCUT2D eigenvalue weighted by atomic mass is 35.5. The van der Waals surface area contributed by atoms with Gasteiger partial charge in [-0.15, -0.1) is 0 Å². The molecule has 2 aromatic carbocycles. The molecule has 23 heavy (non-hydrogen) atoms. The maximum atomic E-state index is 11.3. The second-order valence-electron chi connectivity index (χ2n) is 4.85. The van der Waals surface area contributed by atoms with Crippen LogP contribution in [0.3, 0.4) is 0 Å². The Balaban J connectivity index is 2.41. The van der Waals surface area contributed by atoms with Gasteiger partial charge in [0, 0.05) is 24.2 Å². The lowest BCUT2D eigenvalue weighted by atomic mass is 10.1. The predicted octanol–water partition coefficient (Wildman–Crippen LogP) is 3.12. The summed E-state index contributed by atoms with van der Waals surface area (Å²) in [6, 6.07) is 13.3. The maximum Gasteiger partial charge on any atom is 0.293 e. The topological polar surface area (TPSA) is 90.4 Å². The highest BCUT2D eigenvalue weighted by Crippen LogP contribution is 2.30. The molecule has 7 heteroatoms. The number of anilines is 1. The number of nitro groups is 1. The predicted molar refractivity (Wildman–Crippen MR) is 87.4 cm³/mol. The molecule has 0 aliphatic rings. The molecule has 0 radical (unpaired) electrons. The van der Waals surface area contributed by atoms with Crippen LogP contribution in [0.5, 0.6) is 0 Å². The molecule has 0 aromatic heterocycles. The number of benzene rings is 2. The summed E-state index contributed by atoms with van der Waals surface area (Å²) in [6.45, 7) is 0.421. The SMILES string of the molecule is N#Cc1ccc(N(CCO)Cc2cccc(Cl)c2)c([N+](=O)[O-])c1. The minimum atomic E-state index is -0.529. The molecule has 0 aliphatic heterocycles. The van der Waals surface area contributed by atoms with Crippen LogP contribution in [0.2, 0.25) is 5.02 Å². The molecule has 118 valence electrons. The van der Waals surface area contributed by atoms with Crippen LogP contribution >= 0.6 is 11.6 Å². The van der Waals surface area contributed by atoms with Gasteiger partial charge in [-0.3, -0.25) is 10.1 Å². The largest absolute Gasteiger partial charge is 0.395 e. The van der Waals surface area contributed by atoms with E-state index in [1.807, 2.05) is 12.1 Å². The number of aliphatic hydroxyl groups is 1. The molecule has 2 rings (SSSR count). The standard InChI is InChI=1S/C16H14ClN3O3/c17-14-3-1-2-13(8-14)11-19(6-7-21)15-5-4-12(10-18)9-16(15)20(22)23/h1-5,8-9,21H,6-7,11H2. The molecule has 0 fully saturated rings. The Morgan fingerprint density at radius 1 is 1.30 bits per heavy atom. The van der Waals surface area contributed by atoms with E-state index >= 15 is 0 Å². The van der Waals surface area contributed by atoms with Gasteiger partial charge < -0.3 is 10.0 Å². The Labute approximate surface area is 138 Å². The maximum absolute atomic E-state index is 11.3. The molecular formula is C16H14ClN3O3. The van der Waals surface area contributed by atoms with Crippen molar-refractivity contribution in [1.82, 2.24) is 0 Å². The van der Waals surface area contributed by atoms with Crippen LogP contribution in [-0.4, -0.2) is 23.2 Å². The molecule has 1 N–H and O–H groups in total. The van der Waals surface area contributed by atoms with Gasteiger partial charge in [0.15, 0.2) is 0 Å². The Hall–Kier alpha value is -2.62. The van der Waals surface area contributed by atoms with Crippen molar-refractivity contribution >= 4 is 23.0 Å². The summed E-state index contributed by atoms with van der Waals surface area (Å²) in [6.07, 6.45) is 0. The van der Waals surface area contributed by atoms with E-state index in [-0.39, 0.29) is 24.4 Å². The average Bonchev–Trinajstić information content (AvgIpc) is 2.54. The first-order valence-electron chi connectivity index (χ1n) is 6.84. The molecule has 0 spiro atoms. The van der Waals surface area contributed by atoms with Gasteiger partial charge in [0.2, 0.25) is 0 Å². The number of hydrogen-bond donors (Lipinski definition) is 1. The third-order valence-corrected chi connectivity index (χ3v) is 3.51. The molecule has 0 saturated heterocycles. The molecule has 0 saturated carbocycles. The van der Waals surface area contributed by atoms with Gasteiger partial charge in [-0.1, -0.05) is 23.7 Å². The molecular weight excluding hydrogens is 318 g/mol. The molecule has 0 amide bonds. The zero-order valence-corrected chi connectivity index (χ0v) is 12.9. The van der Waals surface area contributed by atoms with Crippen molar-refractivity contribution in [2.24, 2.45) is 0 Å². The van der Waals surface area contributed by atoms with Gasteiger partial charge in [0.25, 0.3) is 5.69 Å². The van der Waals surface area contributed by atoms with E-state index in [1.165, 1.54) is 18.2 Å². The van der Waals surface area contributed by atoms with Crippen molar-refractivity contribution < 1.29 is 10.0 Å². The minimum Gasteiger partial charge on any atom is -0.395 e. The summed E-state index contributed by atoms with van der Waals surface area (Å²) in [5.74, 6) is 0. The van der Waals surface area contributed by atoms with E-state index in [1.54, 1.807) is 23.1 Å². The molecule has 0 bridgehead atoms. The Kier molecular flexibility index (Phi) is 5.52. The van der Waals surface area contributed by atoms with E-state index < -0.39 is 4.92 Å². The summed E-state index contributed by atoms with van der Waals surface area (Å²) < 4.78 is 0. The summed E-state index contributed by atoms with van der Waals surface area (Å²) in [5, 5.41) is 30.0. The summed E-state index contributed by atoms with van der Waals surface area (Å²) in [4.78, 5) is 12.4. The monoisotopic (exact) mass is 331 g/mol. The van der Waals surface area contributed by atoms with Crippen LogP contribution in [-0.2, 0) is 6.54 Å². The number of nitriles is 1. The van der Waals surface area contributed by atoms with Crippen LogP contribution in [0.4, 0.5) is 11.4 Å². The van der Waals surface area contributed by atoms with E-state index in [4.69, 9.17) is 16.9 Å². The van der Waals surface area contributed by atoms with Gasteiger partial charge in [0.1, 0.15) is 5.69 Å². The fourth-order valence-electron chi connectivity index (χ4n) is 2.27. The highest BCUT2D eigenvalue weighted by Gasteiger charge is 2.20.